The molecule has 94 valence electrons. The number of hydrogen-bond donors (Lipinski definition) is 2. The smallest absolute Gasteiger partial charge is 0.272 e. The lowest BCUT2D eigenvalue weighted by Crippen LogP contribution is -2.21. The molecule has 0 spiro atoms. The largest absolute Gasteiger partial charge is 0.390 e. The molecule has 1 atom stereocenters. The van der Waals surface area contributed by atoms with Crippen LogP contribution in [0.4, 0.5) is 15.8 Å². The molecule has 0 radical (unpaired) electrons. The van der Waals surface area contributed by atoms with E-state index in [1.165, 1.54) is 6.07 Å². The molecule has 0 bridgehead atoms. The summed E-state index contributed by atoms with van der Waals surface area (Å²) < 4.78 is 13.5. The molecule has 0 saturated carbocycles. The zero-order chi connectivity index (χ0) is 13.0. The van der Waals surface area contributed by atoms with Gasteiger partial charge in [0.15, 0.2) is 5.82 Å². The molecule has 0 amide bonds. The van der Waals surface area contributed by atoms with Crippen molar-refractivity contribution >= 4 is 23.0 Å². The zero-order valence-corrected chi connectivity index (χ0v) is 9.87. The number of nitro groups is 1. The molecule has 2 N–H and O–H groups in total. The lowest BCUT2D eigenvalue weighted by molar-refractivity contribution is -0.385. The predicted octanol–water partition coefficient (Wildman–Crippen LogP) is 2.05. The van der Waals surface area contributed by atoms with Crippen LogP contribution in [0.25, 0.3) is 0 Å². The average Bonchev–Trinajstić information content (AvgIpc) is 2.27. The molecule has 0 aliphatic carbocycles. The Hall–Kier alpha value is -1.40. The number of aliphatic hydroxyl groups excluding tert-OH is 1. The van der Waals surface area contributed by atoms with Gasteiger partial charge in [0.25, 0.3) is 5.69 Å². The fourth-order valence-electron chi connectivity index (χ4n) is 1.33. The molecule has 7 heteroatoms. The number of anilines is 1. The van der Waals surface area contributed by atoms with Gasteiger partial charge in [-0.3, -0.25) is 10.1 Å². The van der Waals surface area contributed by atoms with Crippen LogP contribution in [-0.2, 0) is 0 Å². The van der Waals surface area contributed by atoms with E-state index in [9.17, 15) is 19.6 Å². The van der Waals surface area contributed by atoms with Crippen LogP contribution in [0.5, 0.6) is 0 Å². The number of hydrogen-bond acceptors (Lipinski definition) is 4. The topological polar surface area (TPSA) is 75.4 Å². The second kappa shape index (κ2) is 5.79. The van der Waals surface area contributed by atoms with Gasteiger partial charge in [-0.25, -0.2) is 4.39 Å². The number of aliphatic hydroxyl groups is 1. The lowest BCUT2D eigenvalue weighted by atomic mass is 10.1. The van der Waals surface area contributed by atoms with Crippen molar-refractivity contribution in [3.63, 3.8) is 0 Å². The first-order valence-electron chi connectivity index (χ1n) is 4.88. The van der Waals surface area contributed by atoms with E-state index in [2.05, 4.69) is 5.32 Å². The molecular formula is C10H12ClFN2O3. The first kappa shape index (κ1) is 13.7. The second-order valence-electron chi connectivity index (χ2n) is 3.57. The predicted molar refractivity (Wildman–Crippen MR) is 63.0 cm³/mol. The Morgan fingerprint density at radius 2 is 2.29 bits per heavy atom. The van der Waals surface area contributed by atoms with Gasteiger partial charge < -0.3 is 10.4 Å². The summed E-state index contributed by atoms with van der Waals surface area (Å²) in [7, 11) is 0. The van der Waals surface area contributed by atoms with Crippen molar-refractivity contribution < 1.29 is 14.4 Å². The van der Waals surface area contributed by atoms with Crippen molar-refractivity contribution in [2.45, 2.75) is 13.0 Å². The van der Waals surface area contributed by atoms with Crippen LogP contribution in [0, 0.1) is 22.9 Å². The number of alkyl halides is 1. The maximum absolute atomic E-state index is 13.5. The number of benzene rings is 1. The Balaban J connectivity index is 2.90. The van der Waals surface area contributed by atoms with Crippen LogP contribution in [-0.4, -0.2) is 28.6 Å². The van der Waals surface area contributed by atoms with Gasteiger partial charge in [0.05, 0.1) is 28.7 Å². The molecule has 5 nitrogen and oxygen atoms in total. The number of non-ortho nitro benzene ring substituents is 1. The van der Waals surface area contributed by atoms with Crippen LogP contribution >= 0.6 is 11.6 Å². The number of nitro benzene ring substituents is 1. The average molecular weight is 263 g/mol. The van der Waals surface area contributed by atoms with Gasteiger partial charge in [-0.1, -0.05) is 0 Å². The minimum Gasteiger partial charge on any atom is -0.390 e. The molecule has 1 unspecified atom stereocenters. The summed E-state index contributed by atoms with van der Waals surface area (Å²) in [4.78, 5) is 9.83. The zero-order valence-electron chi connectivity index (χ0n) is 9.11. The van der Waals surface area contributed by atoms with Gasteiger partial charge in [-0.2, -0.15) is 0 Å². The standard InChI is InChI=1S/C10H12ClFN2O3/c1-6-2-7(14(16)17)3-9(12)10(6)13-5-8(15)4-11/h2-3,8,13,15H,4-5H2,1H3. The van der Waals surface area contributed by atoms with E-state index in [1.54, 1.807) is 6.92 Å². The minimum absolute atomic E-state index is 0.0284. The van der Waals surface area contributed by atoms with Crippen LogP contribution in [0.2, 0.25) is 0 Å². The van der Waals surface area contributed by atoms with Gasteiger partial charge in [-0.05, 0) is 12.5 Å². The third kappa shape index (κ3) is 3.54. The molecule has 1 aromatic carbocycles. The molecule has 1 rings (SSSR count). The van der Waals surface area contributed by atoms with Gasteiger partial charge in [-0.15, -0.1) is 11.6 Å². The fraction of sp³-hybridized carbons (Fsp3) is 0.400. The quantitative estimate of drug-likeness (QED) is 0.484. The second-order valence-corrected chi connectivity index (χ2v) is 3.87. The first-order chi connectivity index (χ1) is 7.95. The highest BCUT2D eigenvalue weighted by atomic mass is 35.5. The van der Waals surface area contributed by atoms with Gasteiger partial charge in [0.2, 0.25) is 0 Å². The summed E-state index contributed by atoms with van der Waals surface area (Å²) >= 11 is 5.39. The number of aryl methyl sites for hydroxylation is 1. The molecular weight excluding hydrogens is 251 g/mol. The Morgan fingerprint density at radius 3 is 2.76 bits per heavy atom. The number of rotatable bonds is 5. The summed E-state index contributed by atoms with van der Waals surface area (Å²) in [5.41, 5.74) is 0.238. The van der Waals surface area contributed by atoms with Crippen LogP contribution in [0.3, 0.4) is 0 Å². The summed E-state index contributed by atoms with van der Waals surface area (Å²) in [6, 6.07) is 2.10. The van der Waals surface area contributed by atoms with Crippen LogP contribution in [0.15, 0.2) is 12.1 Å². The summed E-state index contributed by atoms with van der Waals surface area (Å²) in [6.07, 6.45) is -0.800. The lowest BCUT2D eigenvalue weighted by Gasteiger charge is -2.12. The Labute approximate surface area is 102 Å². The van der Waals surface area contributed by atoms with Gasteiger partial charge in [0.1, 0.15) is 0 Å². The first-order valence-corrected chi connectivity index (χ1v) is 5.41. The molecule has 0 saturated heterocycles. The molecule has 0 aromatic heterocycles. The maximum Gasteiger partial charge on any atom is 0.272 e. The van der Waals surface area contributed by atoms with E-state index in [4.69, 9.17) is 11.6 Å². The Kier molecular flexibility index (Phi) is 4.65. The maximum atomic E-state index is 13.5. The van der Waals surface area contributed by atoms with E-state index < -0.39 is 16.8 Å². The third-order valence-electron chi connectivity index (χ3n) is 2.18. The fourth-order valence-corrected chi connectivity index (χ4v) is 1.44. The molecule has 0 aliphatic rings. The van der Waals surface area contributed by atoms with Crippen LogP contribution < -0.4 is 5.32 Å². The van der Waals surface area contributed by atoms with E-state index >= 15 is 0 Å². The van der Waals surface area contributed by atoms with E-state index in [0.717, 1.165) is 6.07 Å². The number of halogens is 2. The van der Waals surface area contributed by atoms with Crippen molar-refractivity contribution in [1.82, 2.24) is 0 Å². The Morgan fingerprint density at radius 1 is 1.65 bits per heavy atom. The van der Waals surface area contributed by atoms with Crippen LogP contribution in [0.1, 0.15) is 5.56 Å². The molecule has 1 aromatic rings. The highest BCUT2D eigenvalue weighted by Gasteiger charge is 2.14. The SMILES string of the molecule is Cc1cc([N+](=O)[O-])cc(F)c1NCC(O)CCl. The highest BCUT2D eigenvalue weighted by Crippen LogP contribution is 2.25. The van der Waals surface area contributed by atoms with E-state index in [-0.39, 0.29) is 23.8 Å². The molecule has 17 heavy (non-hydrogen) atoms. The van der Waals surface area contributed by atoms with Crippen molar-refractivity contribution in [2.75, 3.05) is 17.7 Å². The summed E-state index contributed by atoms with van der Waals surface area (Å²) in [5, 5.41) is 22.4. The summed E-state index contributed by atoms with van der Waals surface area (Å²) in [5.74, 6) is -0.695. The van der Waals surface area contributed by atoms with Gasteiger partial charge in [0, 0.05) is 12.6 Å². The minimum atomic E-state index is -0.800. The van der Waals surface area contributed by atoms with Gasteiger partial charge >= 0.3 is 0 Å². The molecule has 0 aliphatic heterocycles. The summed E-state index contributed by atoms with van der Waals surface area (Å²) in [6.45, 7) is 1.63. The highest BCUT2D eigenvalue weighted by molar-refractivity contribution is 6.18. The molecule has 0 fully saturated rings. The monoisotopic (exact) mass is 262 g/mol. The Bertz CT molecular complexity index is 405. The van der Waals surface area contributed by atoms with Crippen molar-refractivity contribution in [2.24, 2.45) is 0 Å². The normalized spacial score (nSPS) is 12.2. The molecule has 0 heterocycles. The van der Waals surface area contributed by atoms with Crippen molar-refractivity contribution in [3.8, 4) is 0 Å². The van der Waals surface area contributed by atoms with Crippen molar-refractivity contribution in [3.05, 3.63) is 33.6 Å². The number of nitrogens with one attached hydrogen (secondary N) is 1. The number of nitrogens with zero attached hydrogens (tertiary/aromatic N) is 1. The van der Waals surface area contributed by atoms with E-state index in [0.29, 0.717) is 5.56 Å². The third-order valence-corrected chi connectivity index (χ3v) is 2.53. The van der Waals surface area contributed by atoms with E-state index in [1.807, 2.05) is 0 Å². The van der Waals surface area contributed by atoms with Crippen molar-refractivity contribution in [1.29, 1.82) is 0 Å².